The number of benzene rings is 2. The lowest BCUT2D eigenvalue weighted by atomic mass is 9.69. The van der Waals surface area contributed by atoms with Crippen LogP contribution in [0.2, 0.25) is 5.02 Å². The number of Topliss-reactive ketones (excluding diaryl/α,β-unsaturated/α-hetero) is 1. The average molecular weight is 430 g/mol. The molecule has 2 aromatic carbocycles. The first kappa shape index (κ1) is 19.6. The number of aromatic nitrogens is 1. The summed E-state index contributed by atoms with van der Waals surface area (Å²) in [5.41, 5.74) is 3.98. The van der Waals surface area contributed by atoms with Crippen LogP contribution in [-0.4, -0.2) is 23.1 Å². The van der Waals surface area contributed by atoms with E-state index < -0.39 is 5.41 Å². The Bertz CT molecular complexity index is 1380. The Morgan fingerprint density at radius 1 is 1.00 bits per heavy atom. The van der Waals surface area contributed by atoms with Crippen molar-refractivity contribution in [1.29, 1.82) is 0 Å². The second-order valence-electron chi connectivity index (χ2n) is 8.26. The highest BCUT2D eigenvalue weighted by molar-refractivity contribution is 6.30. The third-order valence-electron chi connectivity index (χ3n) is 6.13. The molecule has 1 aliphatic rings. The zero-order valence-electron chi connectivity index (χ0n) is 17.4. The van der Waals surface area contributed by atoms with E-state index in [9.17, 15) is 9.59 Å². The third kappa shape index (κ3) is 2.75. The molecule has 154 valence electrons. The van der Waals surface area contributed by atoms with Crippen LogP contribution in [0.25, 0.3) is 16.6 Å². The predicted octanol–water partition coefficient (Wildman–Crippen LogP) is 5.97. The van der Waals surface area contributed by atoms with Crippen LogP contribution >= 0.6 is 11.6 Å². The normalized spacial score (nSPS) is 14.3. The van der Waals surface area contributed by atoms with E-state index in [0.717, 1.165) is 11.1 Å². The number of hydrogen-bond acceptors (Lipinski definition) is 3. The van der Waals surface area contributed by atoms with Crippen LogP contribution in [0.5, 0.6) is 5.75 Å². The number of hydrogen-bond donors (Lipinski definition) is 0. The molecule has 0 saturated carbocycles. The van der Waals surface area contributed by atoms with Gasteiger partial charge in [0.2, 0.25) is 5.78 Å². The van der Waals surface area contributed by atoms with Crippen LogP contribution < -0.4 is 4.74 Å². The number of fused-ring (bicyclic) bond motifs is 5. The summed E-state index contributed by atoms with van der Waals surface area (Å²) in [6.45, 7) is 3.86. The lowest BCUT2D eigenvalue weighted by Crippen LogP contribution is -2.33. The van der Waals surface area contributed by atoms with Crippen LogP contribution in [0.1, 0.15) is 45.8 Å². The molecule has 0 atom stereocenters. The van der Waals surface area contributed by atoms with Crippen molar-refractivity contribution in [3.8, 4) is 16.9 Å². The molecule has 0 unspecified atom stereocenters. The zero-order chi connectivity index (χ0) is 21.9. The minimum absolute atomic E-state index is 0.0119. The summed E-state index contributed by atoms with van der Waals surface area (Å²) in [7, 11) is 1.59. The Morgan fingerprint density at radius 3 is 2.42 bits per heavy atom. The maximum absolute atomic E-state index is 13.7. The standard InChI is InChI=1S/C26H20ClNO3/c1-26(2)19-7-5-4-6-18(19)21-22(25(26)30)20-14-17(31-3)12-13-28(20)23(21)24(29)15-8-10-16(27)11-9-15/h4-14H,1-3H3. The first-order valence-corrected chi connectivity index (χ1v) is 10.4. The highest BCUT2D eigenvalue weighted by Gasteiger charge is 2.43. The van der Waals surface area contributed by atoms with Gasteiger partial charge < -0.3 is 9.14 Å². The number of ether oxygens (including phenoxy) is 1. The highest BCUT2D eigenvalue weighted by Crippen LogP contribution is 2.47. The Labute approximate surface area is 185 Å². The zero-order valence-corrected chi connectivity index (χ0v) is 18.2. The summed E-state index contributed by atoms with van der Waals surface area (Å²) < 4.78 is 7.22. The Morgan fingerprint density at radius 2 is 1.71 bits per heavy atom. The first-order chi connectivity index (χ1) is 14.8. The lowest BCUT2D eigenvalue weighted by molar-refractivity contribution is 0.0908. The largest absolute Gasteiger partial charge is 0.497 e. The van der Waals surface area contributed by atoms with Crippen molar-refractivity contribution in [2.24, 2.45) is 0 Å². The van der Waals surface area contributed by atoms with Crippen LogP contribution in [0.4, 0.5) is 0 Å². The van der Waals surface area contributed by atoms with Gasteiger partial charge in [0.15, 0.2) is 5.78 Å². The van der Waals surface area contributed by atoms with Crippen LogP contribution in [0.15, 0.2) is 66.9 Å². The predicted molar refractivity (Wildman–Crippen MR) is 122 cm³/mol. The second kappa shape index (κ2) is 6.82. The van der Waals surface area contributed by atoms with Gasteiger partial charge in [-0.3, -0.25) is 9.59 Å². The number of carbonyl (C=O) groups is 2. The number of halogens is 1. The SMILES string of the molecule is COc1ccn2c(C(=O)c3ccc(Cl)cc3)c3c(c2c1)C(=O)C(C)(C)c1ccccc1-3. The fourth-order valence-corrected chi connectivity index (χ4v) is 4.62. The van der Waals surface area contributed by atoms with Crippen molar-refractivity contribution in [3.05, 3.63) is 94.3 Å². The molecule has 0 fully saturated rings. The Hall–Kier alpha value is -3.37. The van der Waals surface area contributed by atoms with Gasteiger partial charge in [0.1, 0.15) is 11.4 Å². The molecule has 5 rings (SSSR count). The van der Waals surface area contributed by atoms with Gasteiger partial charge in [-0.05, 0) is 55.3 Å². The highest BCUT2D eigenvalue weighted by atomic mass is 35.5. The molecule has 2 heterocycles. The monoisotopic (exact) mass is 429 g/mol. The van der Waals surface area contributed by atoms with Gasteiger partial charge in [-0.1, -0.05) is 35.9 Å². The summed E-state index contributed by atoms with van der Waals surface area (Å²) in [5.74, 6) is 0.449. The van der Waals surface area contributed by atoms with Gasteiger partial charge in [-0.2, -0.15) is 0 Å². The molecular formula is C26H20ClNO3. The van der Waals surface area contributed by atoms with E-state index in [-0.39, 0.29) is 11.6 Å². The van der Waals surface area contributed by atoms with E-state index >= 15 is 0 Å². The van der Waals surface area contributed by atoms with E-state index in [0.29, 0.717) is 38.7 Å². The summed E-state index contributed by atoms with van der Waals surface area (Å²) in [6, 6.07) is 18.2. The molecule has 0 aliphatic heterocycles. The Balaban J connectivity index is 1.91. The molecule has 31 heavy (non-hydrogen) atoms. The summed E-state index contributed by atoms with van der Waals surface area (Å²) >= 11 is 6.03. The fourth-order valence-electron chi connectivity index (χ4n) is 4.50. The average Bonchev–Trinajstić information content (AvgIpc) is 3.12. The Kier molecular flexibility index (Phi) is 4.31. The van der Waals surface area contributed by atoms with E-state index in [2.05, 4.69) is 0 Å². The lowest BCUT2D eigenvalue weighted by Gasteiger charge is -2.31. The molecule has 4 aromatic rings. The minimum Gasteiger partial charge on any atom is -0.497 e. The van der Waals surface area contributed by atoms with Gasteiger partial charge in [-0.15, -0.1) is 0 Å². The number of methoxy groups -OCH3 is 1. The molecule has 0 saturated heterocycles. The van der Waals surface area contributed by atoms with Gasteiger partial charge in [0, 0.05) is 28.4 Å². The quantitative estimate of drug-likeness (QED) is 0.377. The van der Waals surface area contributed by atoms with Crippen molar-refractivity contribution >= 4 is 28.7 Å². The molecule has 0 N–H and O–H groups in total. The van der Waals surface area contributed by atoms with Crippen molar-refractivity contribution < 1.29 is 14.3 Å². The van der Waals surface area contributed by atoms with Crippen molar-refractivity contribution in [2.45, 2.75) is 19.3 Å². The molecule has 5 heteroatoms. The molecule has 1 aliphatic carbocycles. The topological polar surface area (TPSA) is 47.8 Å². The summed E-state index contributed by atoms with van der Waals surface area (Å²) in [5, 5.41) is 0.561. The summed E-state index contributed by atoms with van der Waals surface area (Å²) in [6.07, 6.45) is 1.79. The van der Waals surface area contributed by atoms with E-state index in [1.165, 1.54) is 0 Å². The molecule has 4 nitrogen and oxygen atoms in total. The van der Waals surface area contributed by atoms with Crippen LogP contribution in [-0.2, 0) is 5.41 Å². The number of ketones is 2. The number of nitrogens with zero attached hydrogens (tertiary/aromatic N) is 1. The number of pyridine rings is 1. The number of rotatable bonds is 3. The second-order valence-corrected chi connectivity index (χ2v) is 8.69. The van der Waals surface area contributed by atoms with Gasteiger partial charge >= 0.3 is 0 Å². The molecule has 2 aromatic heterocycles. The van der Waals surface area contributed by atoms with Crippen molar-refractivity contribution in [3.63, 3.8) is 0 Å². The maximum atomic E-state index is 13.7. The third-order valence-corrected chi connectivity index (χ3v) is 6.38. The van der Waals surface area contributed by atoms with Crippen LogP contribution in [0, 0.1) is 0 Å². The van der Waals surface area contributed by atoms with Gasteiger partial charge in [0.05, 0.1) is 23.6 Å². The van der Waals surface area contributed by atoms with Crippen molar-refractivity contribution in [1.82, 2.24) is 4.40 Å². The van der Waals surface area contributed by atoms with E-state index in [1.807, 2.05) is 44.2 Å². The van der Waals surface area contributed by atoms with E-state index in [4.69, 9.17) is 16.3 Å². The summed E-state index contributed by atoms with van der Waals surface area (Å²) in [4.78, 5) is 27.5. The maximum Gasteiger partial charge on any atom is 0.210 e. The smallest absolute Gasteiger partial charge is 0.210 e. The molecule has 0 spiro atoms. The molecule has 0 bridgehead atoms. The minimum atomic E-state index is -0.713. The fraction of sp³-hybridized carbons (Fsp3) is 0.154. The first-order valence-electron chi connectivity index (χ1n) is 10.0. The molecular weight excluding hydrogens is 410 g/mol. The van der Waals surface area contributed by atoms with Gasteiger partial charge in [0.25, 0.3) is 0 Å². The molecule has 0 amide bonds. The van der Waals surface area contributed by atoms with Crippen LogP contribution in [0.3, 0.4) is 0 Å². The number of carbonyl (C=O) groups excluding carboxylic acids is 2. The van der Waals surface area contributed by atoms with E-state index in [1.54, 1.807) is 48.0 Å². The van der Waals surface area contributed by atoms with Crippen molar-refractivity contribution in [2.75, 3.05) is 7.11 Å². The molecule has 0 radical (unpaired) electrons. The van der Waals surface area contributed by atoms with Gasteiger partial charge in [-0.25, -0.2) is 0 Å².